The minimum Gasteiger partial charge on any atom is -0.506 e. The molecule has 23 heavy (non-hydrogen) atoms. The summed E-state index contributed by atoms with van der Waals surface area (Å²) in [6.07, 6.45) is -0.0126. The van der Waals surface area contributed by atoms with E-state index in [1.54, 1.807) is 20.8 Å². The van der Waals surface area contributed by atoms with Crippen molar-refractivity contribution in [2.24, 2.45) is 17.3 Å². The fourth-order valence-corrected chi connectivity index (χ4v) is 3.24. The summed E-state index contributed by atoms with van der Waals surface area (Å²) in [7, 11) is 0. The minimum atomic E-state index is -1.38. The lowest BCUT2D eigenvalue weighted by atomic mass is 9.62. The molecule has 1 aromatic carbocycles. The van der Waals surface area contributed by atoms with E-state index in [-0.39, 0.29) is 24.3 Å². The molecule has 0 aromatic heterocycles. The molecule has 1 aliphatic rings. The molecule has 2 atom stereocenters. The molecule has 6 heteroatoms. The summed E-state index contributed by atoms with van der Waals surface area (Å²) in [4.78, 5) is 38.1. The van der Waals surface area contributed by atoms with Gasteiger partial charge in [-0.2, -0.15) is 0 Å². The van der Waals surface area contributed by atoms with Crippen LogP contribution < -0.4 is 0 Å². The van der Waals surface area contributed by atoms with Gasteiger partial charge in [-0.1, -0.05) is 13.8 Å². The monoisotopic (exact) mass is 336 g/mol. The third-order valence-electron chi connectivity index (χ3n) is 4.85. The third kappa shape index (κ3) is 2.81. The van der Waals surface area contributed by atoms with Gasteiger partial charge in [0.05, 0.1) is 0 Å². The summed E-state index contributed by atoms with van der Waals surface area (Å²) in [5.74, 6) is -3.57. The fraction of sp³-hybridized carbons (Fsp3) is 0.471. The number of ketones is 3. The summed E-state index contributed by atoms with van der Waals surface area (Å²) in [5.41, 5.74) is -0.516. The van der Waals surface area contributed by atoms with E-state index in [2.05, 4.69) is 12.6 Å². The van der Waals surface area contributed by atoms with Gasteiger partial charge in [0, 0.05) is 40.4 Å². The van der Waals surface area contributed by atoms with E-state index < -0.39 is 34.6 Å². The average Bonchev–Trinajstić information content (AvgIpc) is 2.49. The maximum atomic E-state index is 12.7. The Morgan fingerprint density at radius 1 is 1.35 bits per heavy atom. The van der Waals surface area contributed by atoms with E-state index in [9.17, 15) is 24.6 Å². The van der Waals surface area contributed by atoms with E-state index in [0.717, 1.165) is 0 Å². The number of Topliss-reactive ketones (excluding diaryl/α,β-unsaturated/α-hetero) is 3. The lowest BCUT2D eigenvalue weighted by molar-refractivity contribution is -0.145. The zero-order valence-electron chi connectivity index (χ0n) is 13.3. The number of aromatic hydroxyl groups is 1. The van der Waals surface area contributed by atoms with Crippen molar-refractivity contribution in [2.75, 3.05) is 6.61 Å². The Bertz CT molecular complexity index is 692. The van der Waals surface area contributed by atoms with Crippen LogP contribution in [0.1, 0.15) is 36.2 Å². The maximum Gasteiger partial charge on any atom is 0.181 e. The fourth-order valence-electron chi connectivity index (χ4n) is 3.00. The first-order chi connectivity index (χ1) is 10.6. The van der Waals surface area contributed by atoms with Gasteiger partial charge in [0.1, 0.15) is 11.7 Å². The van der Waals surface area contributed by atoms with Crippen molar-refractivity contribution in [2.45, 2.75) is 32.1 Å². The summed E-state index contributed by atoms with van der Waals surface area (Å²) in [5, 5.41) is 19.3. The van der Waals surface area contributed by atoms with Crippen LogP contribution in [0, 0.1) is 24.2 Å². The normalized spacial score (nSPS) is 23.9. The summed E-state index contributed by atoms with van der Waals surface area (Å²) in [6, 6.07) is 2.92. The zero-order chi connectivity index (χ0) is 17.5. The number of thiol groups is 1. The Hall–Kier alpha value is -1.66. The molecule has 0 spiro atoms. The standard InChI is InChI=1S/C17H20O5S/c1-8-10(4-5-12(23)14(8)20)15(21)13-11(19)6-9(7-18)17(2,3)16(13)22/h4-5,9,13,18,20,23H,6-7H2,1-3H3. The smallest absolute Gasteiger partial charge is 0.181 e. The Balaban J connectivity index is 2.45. The van der Waals surface area contributed by atoms with Gasteiger partial charge in [0.25, 0.3) is 0 Å². The molecule has 0 heterocycles. The quantitative estimate of drug-likeness (QED) is 0.446. The molecular formula is C17H20O5S. The number of carbonyl (C=O) groups excluding carboxylic acids is 3. The van der Waals surface area contributed by atoms with Crippen LogP contribution in [0.15, 0.2) is 17.0 Å². The van der Waals surface area contributed by atoms with Gasteiger partial charge in [-0.05, 0) is 19.1 Å². The van der Waals surface area contributed by atoms with Crippen LogP contribution in [0.2, 0.25) is 0 Å². The molecule has 0 aliphatic heterocycles. The Kier molecular flexibility index (Phi) is 4.69. The molecule has 124 valence electrons. The van der Waals surface area contributed by atoms with Gasteiger partial charge in [0.2, 0.25) is 0 Å². The molecular weight excluding hydrogens is 316 g/mol. The number of hydrogen-bond donors (Lipinski definition) is 3. The minimum absolute atomic E-state index is 0.0126. The molecule has 2 rings (SSSR count). The van der Waals surface area contributed by atoms with E-state index >= 15 is 0 Å². The molecule has 0 amide bonds. The van der Waals surface area contributed by atoms with Gasteiger partial charge < -0.3 is 10.2 Å². The van der Waals surface area contributed by atoms with Crippen LogP contribution in [0.5, 0.6) is 5.75 Å². The Labute approximate surface area is 140 Å². The van der Waals surface area contributed by atoms with Crippen LogP contribution in [0.25, 0.3) is 0 Å². The number of aliphatic hydroxyl groups excluding tert-OH is 1. The number of hydrogen-bond acceptors (Lipinski definition) is 6. The van der Waals surface area contributed by atoms with Crippen LogP contribution in [0.4, 0.5) is 0 Å². The molecule has 2 unspecified atom stereocenters. The SMILES string of the molecule is Cc1c(C(=O)C2C(=O)CC(CO)C(C)(C)C2=O)ccc(S)c1O. The van der Waals surface area contributed by atoms with Crippen molar-refractivity contribution in [3.63, 3.8) is 0 Å². The number of carbonyl (C=O) groups is 3. The lowest BCUT2D eigenvalue weighted by Gasteiger charge is -2.38. The highest BCUT2D eigenvalue weighted by molar-refractivity contribution is 7.80. The second kappa shape index (κ2) is 6.09. The largest absolute Gasteiger partial charge is 0.506 e. The second-order valence-corrected chi connectivity index (χ2v) is 7.02. The van der Waals surface area contributed by atoms with E-state index in [4.69, 9.17) is 0 Å². The van der Waals surface area contributed by atoms with Crippen molar-refractivity contribution in [3.8, 4) is 5.75 Å². The van der Waals surface area contributed by atoms with Gasteiger partial charge >= 0.3 is 0 Å². The van der Waals surface area contributed by atoms with Gasteiger partial charge in [-0.25, -0.2) is 0 Å². The molecule has 1 aliphatic carbocycles. The number of phenolic OH excluding ortho intramolecular Hbond substituents is 1. The second-order valence-electron chi connectivity index (χ2n) is 6.54. The van der Waals surface area contributed by atoms with Crippen LogP contribution in [0.3, 0.4) is 0 Å². The topological polar surface area (TPSA) is 91.7 Å². The third-order valence-corrected chi connectivity index (χ3v) is 5.21. The highest BCUT2D eigenvalue weighted by Gasteiger charge is 2.51. The average molecular weight is 336 g/mol. The maximum absolute atomic E-state index is 12.7. The predicted octanol–water partition coefficient (Wildman–Crippen LogP) is 1.96. The summed E-state index contributed by atoms with van der Waals surface area (Å²) >= 11 is 4.07. The molecule has 0 radical (unpaired) electrons. The molecule has 0 bridgehead atoms. The Morgan fingerprint density at radius 2 is 1.96 bits per heavy atom. The first kappa shape index (κ1) is 17.7. The first-order valence-corrected chi connectivity index (χ1v) is 7.81. The van der Waals surface area contributed by atoms with Crippen molar-refractivity contribution in [1.29, 1.82) is 0 Å². The highest BCUT2D eigenvalue weighted by Crippen LogP contribution is 2.40. The number of rotatable bonds is 3. The van der Waals surface area contributed by atoms with Crippen molar-refractivity contribution >= 4 is 30.0 Å². The molecule has 1 fully saturated rings. The van der Waals surface area contributed by atoms with Crippen molar-refractivity contribution < 1.29 is 24.6 Å². The van der Waals surface area contributed by atoms with Gasteiger partial charge in [-0.15, -0.1) is 12.6 Å². The molecule has 0 saturated heterocycles. The van der Waals surface area contributed by atoms with E-state index in [1.807, 2.05) is 0 Å². The van der Waals surface area contributed by atoms with Crippen molar-refractivity contribution in [3.05, 3.63) is 23.3 Å². The molecule has 1 aromatic rings. The number of aliphatic hydroxyl groups is 1. The number of benzene rings is 1. The summed E-state index contributed by atoms with van der Waals surface area (Å²) in [6.45, 7) is 4.55. The van der Waals surface area contributed by atoms with Crippen LogP contribution >= 0.6 is 12.6 Å². The van der Waals surface area contributed by atoms with Crippen LogP contribution in [-0.2, 0) is 9.59 Å². The number of phenols is 1. The van der Waals surface area contributed by atoms with Crippen LogP contribution in [-0.4, -0.2) is 34.2 Å². The zero-order valence-corrected chi connectivity index (χ0v) is 14.2. The highest BCUT2D eigenvalue weighted by atomic mass is 32.1. The van der Waals surface area contributed by atoms with E-state index in [1.165, 1.54) is 12.1 Å². The lowest BCUT2D eigenvalue weighted by Crippen LogP contribution is -2.50. The first-order valence-electron chi connectivity index (χ1n) is 7.36. The molecule has 5 nitrogen and oxygen atoms in total. The van der Waals surface area contributed by atoms with Crippen molar-refractivity contribution in [1.82, 2.24) is 0 Å². The molecule has 2 N–H and O–H groups in total. The summed E-state index contributed by atoms with van der Waals surface area (Å²) < 4.78 is 0. The Morgan fingerprint density at radius 3 is 2.52 bits per heavy atom. The van der Waals surface area contributed by atoms with Gasteiger partial charge in [0.15, 0.2) is 17.3 Å². The van der Waals surface area contributed by atoms with Gasteiger partial charge in [-0.3, -0.25) is 14.4 Å². The predicted molar refractivity (Wildman–Crippen MR) is 86.9 cm³/mol. The van der Waals surface area contributed by atoms with E-state index in [0.29, 0.717) is 10.5 Å². The molecule has 1 saturated carbocycles.